The molecule has 0 aliphatic heterocycles. The fourth-order valence-electron chi connectivity index (χ4n) is 1.76. The molecule has 0 amide bonds. The summed E-state index contributed by atoms with van der Waals surface area (Å²) in [6.45, 7) is 0.410. The maximum Gasteiger partial charge on any atom is 0.168 e. The number of aliphatic hydroxyl groups is 1. The van der Waals surface area contributed by atoms with Gasteiger partial charge in [0.25, 0.3) is 0 Å². The topological polar surface area (TPSA) is 61.8 Å². The third kappa shape index (κ3) is 3.59. The van der Waals surface area contributed by atoms with Crippen molar-refractivity contribution in [1.82, 2.24) is 9.55 Å². The van der Waals surface area contributed by atoms with Gasteiger partial charge in [0, 0.05) is 12.3 Å². The summed E-state index contributed by atoms with van der Waals surface area (Å²) in [5.41, 5.74) is 1.69. The van der Waals surface area contributed by atoms with Crippen LogP contribution >= 0.6 is 11.8 Å². The van der Waals surface area contributed by atoms with E-state index in [1.54, 1.807) is 18.3 Å². The van der Waals surface area contributed by atoms with Crippen molar-refractivity contribution in [2.75, 3.05) is 0 Å². The summed E-state index contributed by atoms with van der Waals surface area (Å²) in [7, 11) is 0. The summed E-state index contributed by atoms with van der Waals surface area (Å²) in [5.74, 6) is 0.408. The van der Waals surface area contributed by atoms with Gasteiger partial charge in [-0.25, -0.2) is 9.37 Å². The molecule has 1 N–H and O–H groups in total. The first kappa shape index (κ1) is 14.6. The maximum atomic E-state index is 12.8. The molecule has 1 heterocycles. The van der Waals surface area contributed by atoms with Crippen LogP contribution in [0.4, 0.5) is 4.39 Å². The Morgan fingerprint density at radius 3 is 2.75 bits per heavy atom. The lowest BCUT2D eigenvalue weighted by molar-refractivity contribution is 0.269. The first-order valence-electron chi connectivity index (χ1n) is 6.14. The summed E-state index contributed by atoms with van der Waals surface area (Å²) in [6.07, 6.45) is 1.98. The van der Waals surface area contributed by atoms with Crippen LogP contribution in [-0.2, 0) is 18.9 Å². The summed E-state index contributed by atoms with van der Waals surface area (Å²) in [4.78, 5) is 4.25. The van der Waals surface area contributed by atoms with E-state index in [2.05, 4.69) is 11.1 Å². The van der Waals surface area contributed by atoms with E-state index < -0.39 is 0 Å². The van der Waals surface area contributed by atoms with E-state index in [1.807, 2.05) is 4.57 Å². The molecule has 1 aromatic heterocycles. The van der Waals surface area contributed by atoms with Gasteiger partial charge in [0.15, 0.2) is 5.16 Å². The lowest BCUT2D eigenvalue weighted by atomic mass is 10.2. The highest BCUT2D eigenvalue weighted by atomic mass is 32.2. The van der Waals surface area contributed by atoms with Crippen LogP contribution in [0, 0.1) is 17.1 Å². The predicted molar refractivity (Wildman–Crippen MR) is 74.3 cm³/mol. The van der Waals surface area contributed by atoms with Crippen LogP contribution in [0.25, 0.3) is 0 Å². The molecule has 4 nitrogen and oxygen atoms in total. The van der Waals surface area contributed by atoms with E-state index in [0.29, 0.717) is 24.4 Å². The molecule has 0 bridgehead atoms. The Morgan fingerprint density at radius 2 is 2.10 bits per heavy atom. The van der Waals surface area contributed by atoms with Gasteiger partial charge >= 0.3 is 0 Å². The molecule has 0 aliphatic carbocycles. The zero-order valence-electron chi connectivity index (χ0n) is 10.8. The third-order valence-electron chi connectivity index (χ3n) is 2.79. The van der Waals surface area contributed by atoms with E-state index in [1.165, 1.54) is 23.9 Å². The highest BCUT2D eigenvalue weighted by Gasteiger charge is 2.09. The van der Waals surface area contributed by atoms with Crippen molar-refractivity contribution in [2.45, 2.75) is 30.5 Å². The van der Waals surface area contributed by atoms with E-state index in [4.69, 9.17) is 5.26 Å². The number of nitrogens with zero attached hydrogens (tertiary/aromatic N) is 3. The van der Waals surface area contributed by atoms with Crippen molar-refractivity contribution in [3.8, 4) is 6.07 Å². The molecule has 2 aromatic rings. The molecule has 20 heavy (non-hydrogen) atoms. The second-order valence-electron chi connectivity index (χ2n) is 4.17. The second-order valence-corrected chi connectivity index (χ2v) is 5.11. The Labute approximate surface area is 120 Å². The monoisotopic (exact) mass is 291 g/mol. The number of aromatic nitrogens is 2. The molecule has 2 rings (SSSR count). The average Bonchev–Trinajstić information content (AvgIpc) is 2.86. The van der Waals surface area contributed by atoms with Gasteiger partial charge in [-0.2, -0.15) is 5.26 Å². The number of hydrogen-bond acceptors (Lipinski definition) is 4. The summed E-state index contributed by atoms with van der Waals surface area (Å²) in [6, 6.07) is 8.41. The number of benzene rings is 1. The van der Waals surface area contributed by atoms with Gasteiger partial charge in [0.05, 0.1) is 31.0 Å². The van der Waals surface area contributed by atoms with Crippen molar-refractivity contribution >= 4 is 11.8 Å². The second kappa shape index (κ2) is 7.08. The van der Waals surface area contributed by atoms with Crippen molar-refractivity contribution in [1.29, 1.82) is 5.26 Å². The van der Waals surface area contributed by atoms with Gasteiger partial charge in [-0.15, -0.1) is 0 Å². The Bertz CT molecular complexity index is 604. The van der Waals surface area contributed by atoms with Crippen molar-refractivity contribution < 1.29 is 9.50 Å². The van der Waals surface area contributed by atoms with Crippen LogP contribution in [0.1, 0.15) is 17.7 Å². The number of aliphatic hydroxyl groups excluding tert-OH is 1. The minimum atomic E-state index is -0.253. The Morgan fingerprint density at radius 1 is 1.35 bits per heavy atom. The highest BCUT2D eigenvalue weighted by Crippen LogP contribution is 2.23. The van der Waals surface area contributed by atoms with Gasteiger partial charge in [0.2, 0.25) is 0 Å². The summed E-state index contributed by atoms with van der Waals surface area (Å²) >= 11 is 1.50. The normalized spacial score (nSPS) is 10.4. The van der Waals surface area contributed by atoms with Gasteiger partial charge in [0.1, 0.15) is 5.82 Å². The molecule has 1 aromatic carbocycles. The van der Waals surface area contributed by atoms with Gasteiger partial charge in [-0.05, 0) is 17.7 Å². The van der Waals surface area contributed by atoms with E-state index in [9.17, 15) is 9.50 Å². The predicted octanol–water partition coefficient (Wildman–Crippen LogP) is 2.72. The fraction of sp³-hybridized carbons (Fsp3) is 0.286. The van der Waals surface area contributed by atoms with Gasteiger partial charge in [-0.1, -0.05) is 23.9 Å². The number of imidazole rings is 1. The minimum Gasteiger partial charge on any atom is -0.390 e. The third-order valence-corrected chi connectivity index (χ3v) is 3.85. The first-order chi connectivity index (χ1) is 9.74. The van der Waals surface area contributed by atoms with Gasteiger partial charge < -0.3 is 9.67 Å². The largest absolute Gasteiger partial charge is 0.390 e. The quantitative estimate of drug-likeness (QED) is 0.831. The number of hydrogen-bond donors (Lipinski definition) is 1. The van der Waals surface area contributed by atoms with Crippen molar-refractivity contribution in [3.05, 3.63) is 47.5 Å². The van der Waals surface area contributed by atoms with Crippen LogP contribution in [0.15, 0.2) is 35.6 Å². The molecule has 0 unspecified atom stereocenters. The van der Waals surface area contributed by atoms with Crippen LogP contribution in [0.2, 0.25) is 0 Å². The van der Waals surface area contributed by atoms with E-state index in [-0.39, 0.29) is 12.4 Å². The average molecular weight is 291 g/mol. The first-order valence-corrected chi connectivity index (χ1v) is 7.12. The lowest BCUT2D eigenvalue weighted by Crippen LogP contribution is -2.04. The zero-order valence-corrected chi connectivity index (χ0v) is 11.6. The molecule has 0 radical (unpaired) electrons. The smallest absolute Gasteiger partial charge is 0.168 e. The minimum absolute atomic E-state index is 0.102. The van der Waals surface area contributed by atoms with Crippen LogP contribution in [0.5, 0.6) is 0 Å². The number of nitriles is 1. The van der Waals surface area contributed by atoms with Crippen LogP contribution in [-0.4, -0.2) is 14.7 Å². The molecule has 0 aliphatic rings. The molecule has 0 fully saturated rings. The molecule has 104 valence electrons. The molecule has 0 spiro atoms. The maximum absolute atomic E-state index is 12.8. The molecular weight excluding hydrogens is 277 g/mol. The van der Waals surface area contributed by atoms with Gasteiger partial charge in [-0.3, -0.25) is 0 Å². The number of thioether (sulfide) groups is 1. The summed E-state index contributed by atoms with van der Waals surface area (Å²) in [5, 5.41) is 18.7. The molecule has 0 atom stereocenters. The van der Waals surface area contributed by atoms with E-state index in [0.717, 1.165) is 10.7 Å². The lowest BCUT2D eigenvalue weighted by Gasteiger charge is -2.08. The molecule has 0 saturated carbocycles. The standard InChI is InChI=1S/C14H14FN3OS/c15-12-4-2-11(3-5-12)10-20-14-17-8-13(9-19)18(14)7-1-6-16/h2-5,8,19H,1,7,9-10H2. The number of halogens is 1. The Kier molecular flexibility index (Phi) is 5.16. The Hall–Kier alpha value is -1.84. The van der Waals surface area contributed by atoms with Crippen LogP contribution in [0.3, 0.4) is 0 Å². The Balaban J connectivity index is 2.07. The van der Waals surface area contributed by atoms with Crippen molar-refractivity contribution in [2.24, 2.45) is 0 Å². The zero-order chi connectivity index (χ0) is 14.4. The fourth-order valence-corrected chi connectivity index (χ4v) is 2.74. The van der Waals surface area contributed by atoms with Crippen molar-refractivity contribution in [3.63, 3.8) is 0 Å². The molecule has 0 saturated heterocycles. The SMILES string of the molecule is N#CCCn1c(CO)cnc1SCc1ccc(F)cc1. The molecule has 6 heteroatoms. The van der Waals surface area contributed by atoms with E-state index >= 15 is 0 Å². The summed E-state index contributed by atoms with van der Waals surface area (Å²) < 4.78 is 14.7. The highest BCUT2D eigenvalue weighted by molar-refractivity contribution is 7.98. The number of rotatable bonds is 6. The van der Waals surface area contributed by atoms with Crippen LogP contribution < -0.4 is 0 Å². The molecular formula is C14H14FN3OS.